The van der Waals surface area contributed by atoms with Crippen molar-refractivity contribution in [2.45, 2.75) is 0 Å². The molecule has 0 aliphatic carbocycles. The third-order valence-corrected chi connectivity index (χ3v) is 4.43. The SMILES string of the molecule is CON(C)c1ccnc2c(NC(=O)c3c(Cl)cccc3Cl)cccc12. The average molecular weight is 376 g/mol. The minimum absolute atomic E-state index is 0.230. The molecule has 1 amide bonds. The second kappa shape index (κ2) is 7.27. The highest BCUT2D eigenvalue weighted by Gasteiger charge is 2.17. The summed E-state index contributed by atoms with van der Waals surface area (Å²) in [6.45, 7) is 0. The zero-order valence-corrected chi connectivity index (χ0v) is 15.1. The lowest BCUT2D eigenvalue weighted by atomic mass is 10.1. The van der Waals surface area contributed by atoms with Gasteiger partial charge in [0.25, 0.3) is 5.91 Å². The first-order chi connectivity index (χ1) is 12.0. The van der Waals surface area contributed by atoms with Crippen molar-refractivity contribution in [1.29, 1.82) is 0 Å². The molecule has 1 heterocycles. The summed E-state index contributed by atoms with van der Waals surface area (Å²) in [4.78, 5) is 22.3. The van der Waals surface area contributed by atoms with Crippen LogP contribution in [0.4, 0.5) is 11.4 Å². The van der Waals surface area contributed by atoms with Crippen LogP contribution < -0.4 is 10.4 Å². The molecule has 25 heavy (non-hydrogen) atoms. The Labute approximate surface area is 155 Å². The molecule has 0 bridgehead atoms. The van der Waals surface area contributed by atoms with Crippen LogP contribution in [0.3, 0.4) is 0 Å². The minimum Gasteiger partial charge on any atom is -0.320 e. The predicted molar refractivity (Wildman–Crippen MR) is 102 cm³/mol. The van der Waals surface area contributed by atoms with Crippen molar-refractivity contribution in [2.75, 3.05) is 24.5 Å². The zero-order chi connectivity index (χ0) is 18.0. The van der Waals surface area contributed by atoms with Gasteiger partial charge in [-0.1, -0.05) is 41.4 Å². The van der Waals surface area contributed by atoms with Gasteiger partial charge in [0.15, 0.2) is 0 Å². The van der Waals surface area contributed by atoms with E-state index in [1.54, 1.807) is 49.7 Å². The van der Waals surface area contributed by atoms with Crippen molar-refractivity contribution < 1.29 is 9.63 Å². The highest BCUT2D eigenvalue weighted by atomic mass is 35.5. The number of nitrogens with zero attached hydrogens (tertiary/aromatic N) is 2. The number of halogens is 2. The maximum atomic E-state index is 12.6. The molecule has 128 valence electrons. The van der Waals surface area contributed by atoms with E-state index in [2.05, 4.69) is 10.3 Å². The Balaban J connectivity index is 2.04. The van der Waals surface area contributed by atoms with E-state index in [0.717, 1.165) is 11.1 Å². The molecule has 0 aliphatic heterocycles. The number of fused-ring (bicyclic) bond motifs is 1. The lowest BCUT2D eigenvalue weighted by Crippen LogP contribution is -2.16. The normalized spacial score (nSPS) is 10.7. The largest absolute Gasteiger partial charge is 0.320 e. The van der Waals surface area contributed by atoms with Crippen molar-refractivity contribution in [3.63, 3.8) is 0 Å². The number of anilines is 2. The van der Waals surface area contributed by atoms with Crippen molar-refractivity contribution in [3.05, 3.63) is 64.3 Å². The van der Waals surface area contributed by atoms with Gasteiger partial charge in [0.2, 0.25) is 0 Å². The van der Waals surface area contributed by atoms with Crippen LogP contribution in [0.5, 0.6) is 0 Å². The number of benzene rings is 2. The van der Waals surface area contributed by atoms with Crippen LogP contribution in [-0.4, -0.2) is 25.0 Å². The van der Waals surface area contributed by atoms with Crippen molar-refractivity contribution >= 4 is 51.4 Å². The number of hydrogen-bond acceptors (Lipinski definition) is 4. The van der Waals surface area contributed by atoms with Gasteiger partial charge in [-0.2, -0.15) is 0 Å². The van der Waals surface area contributed by atoms with Crippen LogP contribution in [0.25, 0.3) is 10.9 Å². The van der Waals surface area contributed by atoms with Gasteiger partial charge >= 0.3 is 0 Å². The molecule has 1 aromatic heterocycles. The lowest BCUT2D eigenvalue weighted by molar-refractivity contribution is 0.102. The van der Waals surface area contributed by atoms with Gasteiger partial charge in [-0.3, -0.25) is 19.7 Å². The Kier molecular flexibility index (Phi) is 5.08. The van der Waals surface area contributed by atoms with Gasteiger partial charge in [-0.15, -0.1) is 0 Å². The molecule has 0 radical (unpaired) electrons. The highest BCUT2D eigenvalue weighted by molar-refractivity contribution is 6.40. The van der Waals surface area contributed by atoms with E-state index in [1.165, 1.54) is 0 Å². The van der Waals surface area contributed by atoms with E-state index in [-0.39, 0.29) is 15.6 Å². The molecule has 0 saturated heterocycles. The van der Waals surface area contributed by atoms with E-state index in [4.69, 9.17) is 28.0 Å². The molecule has 3 rings (SSSR count). The molecule has 3 aromatic rings. The van der Waals surface area contributed by atoms with Crippen LogP contribution in [0.15, 0.2) is 48.7 Å². The molecular weight excluding hydrogens is 361 g/mol. The third-order valence-electron chi connectivity index (χ3n) is 3.80. The molecule has 0 aliphatic rings. The third kappa shape index (κ3) is 3.39. The minimum atomic E-state index is -0.393. The predicted octanol–water partition coefficient (Wildman–Crippen LogP) is 4.79. The average Bonchev–Trinajstić information content (AvgIpc) is 2.60. The Morgan fingerprint density at radius 1 is 1.12 bits per heavy atom. The van der Waals surface area contributed by atoms with Crippen LogP contribution >= 0.6 is 23.2 Å². The summed E-state index contributed by atoms with van der Waals surface area (Å²) in [5.74, 6) is -0.393. The first-order valence-corrected chi connectivity index (χ1v) is 8.19. The molecule has 2 aromatic carbocycles. The zero-order valence-electron chi connectivity index (χ0n) is 13.6. The smallest absolute Gasteiger partial charge is 0.258 e. The fourth-order valence-electron chi connectivity index (χ4n) is 2.53. The van der Waals surface area contributed by atoms with Gasteiger partial charge in [0.05, 0.1) is 39.6 Å². The standard InChI is InChI=1S/C18H15Cl2N3O2/c1-23(25-2)15-9-10-21-17-11(15)5-3-8-14(17)22-18(24)16-12(19)6-4-7-13(16)20/h3-10H,1-2H3,(H,22,24). The topological polar surface area (TPSA) is 54.5 Å². The highest BCUT2D eigenvalue weighted by Crippen LogP contribution is 2.31. The fourth-order valence-corrected chi connectivity index (χ4v) is 3.10. The van der Waals surface area contributed by atoms with Gasteiger partial charge in [-0.05, 0) is 24.3 Å². The Hall–Kier alpha value is -2.34. The van der Waals surface area contributed by atoms with E-state index in [9.17, 15) is 4.79 Å². The van der Waals surface area contributed by atoms with Gasteiger partial charge in [0.1, 0.15) is 0 Å². The summed E-state index contributed by atoms with van der Waals surface area (Å²) in [6.07, 6.45) is 1.66. The van der Waals surface area contributed by atoms with Crippen LogP contribution in [0.2, 0.25) is 10.0 Å². The van der Waals surface area contributed by atoms with Gasteiger partial charge < -0.3 is 5.32 Å². The summed E-state index contributed by atoms with van der Waals surface area (Å²) in [5.41, 5.74) is 2.26. The quantitative estimate of drug-likeness (QED) is 0.665. The summed E-state index contributed by atoms with van der Waals surface area (Å²) in [5, 5.41) is 5.89. The second-order valence-electron chi connectivity index (χ2n) is 5.26. The molecule has 0 saturated carbocycles. The summed E-state index contributed by atoms with van der Waals surface area (Å²) >= 11 is 12.2. The first-order valence-electron chi connectivity index (χ1n) is 7.44. The molecule has 0 fully saturated rings. The molecule has 0 unspecified atom stereocenters. The molecule has 7 heteroatoms. The molecule has 0 spiro atoms. The number of amides is 1. The number of carbonyl (C=O) groups is 1. The number of hydroxylamine groups is 1. The van der Waals surface area contributed by atoms with Crippen molar-refractivity contribution in [3.8, 4) is 0 Å². The fraction of sp³-hybridized carbons (Fsp3) is 0.111. The van der Waals surface area contributed by atoms with E-state index in [1.807, 2.05) is 18.2 Å². The number of rotatable bonds is 4. The summed E-state index contributed by atoms with van der Waals surface area (Å²) < 4.78 is 0. The lowest BCUT2D eigenvalue weighted by Gasteiger charge is -2.18. The van der Waals surface area contributed by atoms with Crippen molar-refractivity contribution in [2.24, 2.45) is 0 Å². The Morgan fingerprint density at radius 2 is 1.80 bits per heavy atom. The monoisotopic (exact) mass is 375 g/mol. The number of para-hydroxylation sites is 1. The Bertz CT molecular complexity index is 927. The number of pyridine rings is 1. The maximum Gasteiger partial charge on any atom is 0.258 e. The molecular formula is C18H15Cl2N3O2. The summed E-state index contributed by atoms with van der Waals surface area (Å²) in [7, 11) is 3.38. The number of aromatic nitrogens is 1. The number of carbonyl (C=O) groups excluding carboxylic acids is 1. The van der Waals surface area contributed by atoms with Gasteiger partial charge in [0, 0.05) is 18.6 Å². The number of hydrogen-bond donors (Lipinski definition) is 1. The van der Waals surface area contributed by atoms with E-state index < -0.39 is 5.91 Å². The van der Waals surface area contributed by atoms with Crippen LogP contribution in [-0.2, 0) is 4.84 Å². The summed E-state index contributed by atoms with van der Waals surface area (Å²) in [6, 6.07) is 12.3. The van der Waals surface area contributed by atoms with E-state index in [0.29, 0.717) is 11.2 Å². The van der Waals surface area contributed by atoms with Gasteiger partial charge in [-0.25, -0.2) is 0 Å². The Morgan fingerprint density at radius 3 is 2.48 bits per heavy atom. The first kappa shape index (κ1) is 17.5. The van der Waals surface area contributed by atoms with Crippen LogP contribution in [0, 0.1) is 0 Å². The number of nitrogens with one attached hydrogen (secondary N) is 1. The van der Waals surface area contributed by atoms with E-state index >= 15 is 0 Å². The second-order valence-corrected chi connectivity index (χ2v) is 6.08. The maximum absolute atomic E-state index is 12.6. The molecule has 5 nitrogen and oxygen atoms in total. The van der Waals surface area contributed by atoms with Crippen LogP contribution in [0.1, 0.15) is 10.4 Å². The van der Waals surface area contributed by atoms with Crippen molar-refractivity contribution in [1.82, 2.24) is 4.98 Å². The molecule has 1 N–H and O–H groups in total. The molecule has 0 atom stereocenters.